The van der Waals surface area contributed by atoms with Crippen LogP contribution >= 0.6 is 23.1 Å². The highest BCUT2D eigenvalue weighted by molar-refractivity contribution is 7.98. The van der Waals surface area contributed by atoms with Crippen LogP contribution in [-0.2, 0) is 19.2 Å². The number of aromatic nitrogens is 4. The Labute approximate surface area is 115 Å². The van der Waals surface area contributed by atoms with Crippen LogP contribution in [0, 0.1) is 13.8 Å². The van der Waals surface area contributed by atoms with Crippen molar-refractivity contribution in [1.29, 1.82) is 0 Å². The second kappa shape index (κ2) is 5.81. The van der Waals surface area contributed by atoms with Crippen LogP contribution < -0.4 is 5.73 Å². The van der Waals surface area contributed by atoms with Gasteiger partial charge in [0.05, 0.1) is 10.7 Å². The molecule has 0 fully saturated rings. The van der Waals surface area contributed by atoms with E-state index in [4.69, 9.17) is 5.73 Å². The zero-order valence-corrected chi connectivity index (χ0v) is 12.4. The summed E-state index contributed by atoms with van der Waals surface area (Å²) in [5, 5.41) is 10.4. The van der Waals surface area contributed by atoms with E-state index in [2.05, 4.69) is 22.1 Å². The molecule has 0 aliphatic rings. The molecule has 0 amide bonds. The quantitative estimate of drug-likeness (QED) is 0.846. The second-order valence-corrected chi connectivity index (χ2v) is 6.37. The minimum atomic E-state index is 0.598. The van der Waals surface area contributed by atoms with Crippen molar-refractivity contribution >= 4 is 23.1 Å². The van der Waals surface area contributed by atoms with Gasteiger partial charge in [-0.2, -0.15) is 0 Å². The average molecular weight is 283 g/mol. The van der Waals surface area contributed by atoms with Gasteiger partial charge < -0.3 is 10.3 Å². The Morgan fingerprint density at radius 2 is 2.11 bits per heavy atom. The Morgan fingerprint density at radius 1 is 1.33 bits per heavy atom. The van der Waals surface area contributed by atoms with Crippen molar-refractivity contribution in [2.45, 2.75) is 31.2 Å². The number of hydrogen-bond acceptors (Lipinski definition) is 6. The van der Waals surface area contributed by atoms with Gasteiger partial charge >= 0.3 is 0 Å². The summed E-state index contributed by atoms with van der Waals surface area (Å²) < 4.78 is 2.01. The Hall–Kier alpha value is -0.920. The number of aryl methyl sites for hydroxylation is 2. The van der Waals surface area contributed by atoms with E-state index in [0.29, 0.717) is 6.54 Å². The number of thioether (sulfide) groups is 1. The van der Waals surface area contributed by atoms with Crippen molar-refractivity contribution in [1.82, 2.24) is 19.7 Å². The number of thiazole rings is 1. The maximum Gasteiger partial charge on any atom is 0.191 e. The van der Waals surface area contributed by atoms with Gasteiger partial charge in [0.1, 0.15) is 5.82 Å². The van der Waals surface area contributed by atoms with Crippen molar-refractivity contribution < 1.29 is 0 Å². The molecule has 0 bridgehead atoms. The van der Waals surface area contributed by atoms with Crippen molar-refractivity contribution in [2.24, 2.45) is 12.8 Å². The van der Waals surface area contributed by atoms with E-state index in [-0.39, 0.29) is 0 Å². The molecule has 0 unspecified atom stereocenters. The maximum absolute atomic E-state index is 5.53. The molecular formula is C11H17N5S2. The van der Waals surface area contributed by atoms with Gasteiger partial charge in [0.15, 0.2) is 5.16 Å². The van der Waals surface area contributed by atoms with Crippen molar-refractivity contribution in [2.75, 3.05) is 6.54 Å². The summed E-state index contributed by atoms with van der Waals surface area (Å²) in [4.78, 5) is 5.80. The lowest BCUT2D eigenvalue weighted by Gasteiger charge is -2.02. The molecule has 0 aliphatic heterocycles. The van der Waals surface area contributed by atoms with Gasteiger partial charge in [-0.05, 0) is 20.4 Å². The van der Waals surface area contributed by atoms with Gasteiger partial charge in [0.2, 0.25) is 0 Å². The lowest BCUT2D eigenvalue weighted by Crippen LogP contribution is -2.08. The fourth-order valence-electron chi connectivity index (χ4n) is 1.66. The van der Waals surface area contributed by atoms with E-state index in [9.17, 15) is 0 Å². The highest BCUT2D eigenvalue weighted by atomic mass is 32.2. The summed E-state index contributed by atoms with van der Waals surface area (Å²) in [5.74, 6) is 1.77. The van der Waals surface area contributed by atoms with Crippen molar-refractivity contribution in [3.8, 4) is 0 Å². The summed E-state index contributed by atoms with van der Waals surface area (Å²) >= 11 is 3.41. The van der Waals surface area contributed by atoms with Crippen LogP contribution in [0.1, 0.15) is 21.4 Å². The smallest absolute Gasteiger partial charge is 0.191 e. The summed E-state index contributed by atoms with van der Waals surface area (Å²) in [6, 6.07) is 0. The Balaban J connectivity index is 2.04. The van der Waals surface area contributed by atoms with Crippen LogP contribution in [0.5, 0.6) is 0 Å². The molecule has 0 aliphatic carbocycles. The first kappa shape index (κ1) is 13.5. The largest absolute Gasteiger partial charge is 0.330 e. The zero-order chi connectivity index (χ0) is 13.1. The fourth-order valence-corrected chi connectivity index (χ4v) is 3.53. The second-order valence-electron chi connectivity index (χ2n) is 4.02. The first-order valence-corrected chi connectivity index (χ1v) is 7.56. The van der Waals surface area contributed by atoms with Gasteiger partial charge in [0, 0.05) is 24.1 Å². The van der Waals surface area contributed by atoms with Crippen molar-refractivity contribution in [3.63, 3.8) is 0 Å². The summed E-state index contributed by atoms with van der Waals surface area (Å²) in [5.41, 5.74) is 6.67. The Bertz CT molecular complexity index is 532. The van der Waals surface area contributed by atoms with Gasteiger partial charge in [-0.1, -0.05) is 11.8 Å². The van der Waals surface area contributed by atoms with Gasteiger partial charge in [-0.15, -0.1) is 21.5 Å². The van der Waals surface area contributed by atoms with E-state index in [1.165, 1.54) is 4.88 Å². The monoisotopic (exact) mass is 283 g/mol. The van der Waals surface area contributed by atoms with Gasteiger partial charge in [-0.25, -0.2) is 4.98 Å². The van der Waals surface area contributed by atoms with E-state index in [1.54, 1.807) is 23.1 Å². The van der Waals surface area contributed by atoms with Crippen LogP contribution in [0.4, 0.5) is 0 Å². The van der Waals surface area contributed by atoms with Crippen LogP contribution in [0.25, 0.3) is 0 Å². The maximum atomic E-state index is 5.53. The number of nitrogens with zero attached hydrogens (tertiary/aromatic N) is 4. The van der Waals surface area contributed by atoms with E-state index in [0.717, 1.165) is 33.9 Å². The third-order valence-corrected chi connectivity index (χ3v) is 4.59. The fraction of sp³-hybridized carbons (Fsp3) is 0.545. The molecule has 0 atom stereocenters. The van der Waals surface area contributed by atoms with E-state index in [1.807, 2.05) is 18.5 Å². The number of hydrogen-bond donors (Lipinski definition) is 1. The Kier molecular flexibility index (Phi) is 4.36. The predicted octanol–water partition coefficient (Wildman–Crippen LogP) is 1.68. The molecule has 2 N–H and O–H groups in total. The minimum absolute atomic E-state index is 0.598. The third kappa shape index (κ3) is 2.90. The first-order valence-electron chi connectivity index (χ1n) is 5.76. The summed E-state index contributed by atoms with van der Waals surface area (Å²) in [7, 11) is 1.98. The van der Waals surface area contributed by atoms with Crippen LogP contribution in [0.3, 0.4) is 0 Å². The summed E-state index contributed by atoms with van der Waals surface area (Å²) in [6.45, 7) is 4.74. The van der Waals surface area contributed by atoms with Crippen molar-refractivity contribution in [3.05, 3.63) is 21.4 Å². The standard InChI is InChI=1S/C11H17N5S2/c1-7-9(13-8(2)18-7)6-17-11-15-14-10(4-5-12)16(11)3/h4-6,12H2,1-3H3. The molecule has 5 nitrogen and oxygen atoms in total. The minimum Gasteiger partial charge on any atom is -0.330 e. The predicted molar refractivity (Wildman–Crippen MR) is 74.9 cm³/mol. The topological polar surface area (TPSA) is 69.6 Å². The van der Waals surface area contributed by atoms with Gasteiger partial charge in [-0.3, -0.25) is 0 Å². The van der Waals surface area contributed by atoms with Gasteiger partial charge in [0.25, 0.3) is 0 Å². The molecule has 0 saturated carbocycles. The van der Waals surface area contributed by atoms with Crippen LogP contribution in [0.2, 0.25) is 0 Å². The number of nitrogens with two attached hydrogens (primary N) is 1. The molecule has 18 heavy (non-hydrogen) atoms. The molecule has 0 aromatic carbocycles. The molecule has 0 spiro atoms. The molecule has 98 valence electrons. The first-order chi connectivity index (χ1) is 8.61. The van der Waals surface area contributed by atoms with E-state index < -0.39 is 0 Å². The van der Waals surface area contributed by atoms with Crippen LogP contribution in [0.15, 0.2) is 5.16 Å². The third-order valence-electron chi connectivity index (χ3n) is 2.63. The molecule has 7 heteroatoms. The molecule has 0 radical (unpaired) electrons. The highest BCUT2D eigenvalue weighted by Gasteiger charge is 2.11. The molecule has 0 saturated heterocycles. The normalized spacial score (nSPS) is 11.1. The summed E-state index contributed by atoms with van der Waals surface area (Å²) in [6.07, 6.45) is 0.763. The molecule has 2 aromatic heterocycles. The highest BCUT2D eigenvalue weighted by Crippen LogP contribution is 2.25. The molecule has 2 rings (SSSR count). The number of rotatable bonds is 5. The molecule has 2 heterocycles. The molecule has 2 aromatic rings. The lowest BCUT2D eigenvalue weighted by atomic mass is 10.4. The molecular weight excluding hydrogens is 266 g/mol. The van der Waals surface area contributed by atoms with E-state index >= 15 is 0 Å². The lowest BCUT2D eigenvalue weighted by molar-refractivity contribution is 0.727. The zero-order valence-electron chi connectivity index (χ0n) is 10.8. The van der Waals surface area contributed by atoms with Crippen LogP contribution in [-0.4, -0.2) is 26.3 Å². The Morgan fingerprint density at radius 3 is 2.72 bits per heavy atom. The average Bonchev–Trinajstić information content (AvgIpc) is 2.82. The SMILES string of the molecule is Cc1nc(CSc2nnc(CCN)n2C)c(C)s1.